The summed E-state index contributed by atoms with van der Waals surface area (Å²) in [6.07, 6.45) is 1.20. The second-order valence-electron chi connectivity index (χ2n) is 4.62. The van der Waals surface area contributed by atoms with E-state index in [0.717, 1.165) is 6.42 Å². The molecular weight excluding hydrogens is 249 g/mol. The first-order chi connectivity index (χ1) is 8.98. The summed E-state index contributed by atoms with van der Waals surface area (Å²) in [5, 5.41) is 12.2. The number of aliphatic carboxylic acids is 1. The molecule has 2 N–H and O–H groups in total. The van der Waals surface area contributed by atoms with E-state index in [4.69, 9.17) is 4.74 Å². The lowest BCUT2D eigenvalue weighted by molar-refractivity contribution is -0.144. The molecule has 1 aromatic carbocycles. The Bertz CT molecular complexity index is 408. The van der Waals surface area contributed by atoms with Gasteiger partial charge in [-0.05, 0) is 44.2 Å². The highest BCUT2D eigenvalue weighted by Crippen LogP contribution is 2.15. The summed E-state index contributed by atoms with van der Waals surface area (Å²) in [7, 11) is 0. The molecule has 0 aromatic heterocycles. The Morgan fingerprint density at radius 1 is 1.42 bits per heavy atom. The predicted molar refractivity (Wildman–Crippen MR) is 70.8 cm³/mol. The highest BCUT2D eigenvalue weighted by Gasteiger charge is 2.31. The maximum atomic E-state index is 12.7. The molecule has 0 radical (unpaired) electrons. The monoisotopic (exact) mass is 269 g/mol. The highest BCUT2D eigenvalue weighted by molar-refractivity contribution is 5.78. The average Bonchev–Trinajstić information content (AvgIpc) is 2.38. The summed E-state index contributed by atoms with van der Waals surface area (Å²) in [6.45, 7) is 4.51. The maximum Gasteiger partial charge on any atom is 0.323 e. The van der Waals surface area contributed by atoms with Gasteiger partial charge in [-0.2, -0.15) is 0 Å². The number of hydrogen-bond acceptors (Lipinski definition) is 3. The molecule has 0 aliphatic carbocycles. The van der Waals surface area contributed by atoms with Gasteiger partial charge in [0.25, 0.3) is 0 Å². The van der Waals surface area contributed by atoms with Crippen molar-refractivity contribution in [2.45, 2.75) is 32.2 Å². The molecule has 1 atom stereocenters. The van der Waals surface area contributed by atoms with E-state index in [1.54, 1.807) is 6.92 Å². The van der Waals surface area contributed by atoms with Crippen LogP contribution in [0.4, 0.5) is 4.39 Å². The van der Waals surface area contributed by atoms with Crippen LogP contribution in [0.25, 0.3) is 0 Å². The Morgan fingerprint density at radius 2 is 2.05 bits per heavy atom. The molecule has 0 bridgehead atoms. The van der Waals surface area contributed by atoms with Crippen molar-refractivity contribution in [3.8, 4) is 5.75 Å². The maximum absolute atomic E-state index is 12.7. The number of ether oxygens (including phenoxy) is 1. The zero-order valence-corrected chi connectivity index (χ0v) is 11.3. The standard InChI is InChI=1S/C14H20FNO3/c1-3-9-16-14(2,13(17)18)8-10-19-12-6-4-11(15)5-7-12/h4-7,16H,3,8-10H2,1-2H3,(H,17,18). The van der Waals surface area contributed by atoms with E-state index in [1.807, 2.05) is 6.92 Å². The first-order valence-electron chi connectivity index (χ1n) is 6.35. The minimum Gasteiger partial charge on any atom is -0.494 e. The zero-order valence-electron chi connectivity index (χ0n) is 11.3. The molecule has 0 heterocycles. The molecule has 0 aliphatic rings. The van der Waals surface area contributed by atoms with Gasteiger partial charge >= 0.3 is 5.97 Å². The fourth-order valence-corrected chi connectivity index (χ4v) is 1.58. The number of rotatable bonds is 8. The third-order valence-electron chi connectivity index (χ3n) is 2.92. The van der Waals surface area contributed by atoms with Crippen LogP contribution in [0.15, 0.2) is 24.3 Å². The summed E-state index contributed by atoms with van der Waals surface area (Å²) in [5.74, 6) is -0.694. The Hall–Kier alpha value is -1.62. The van der Waals surface area contributed by atoms with Crippen molar-refractivity contribution >= 4 is 5.97 Å². The van der Waals surface area contributed by atoms with Gasteiger partial charge in [-0.25, -0.2) is 4.39 Å². The lowest BCUT2D eigenvalue weighted by Crippen LogP contribution is -2.50. The fraction of sp³-hybridized carbons (Fsp3) is 0.500. The first kappa shape index (κ1) is 15.4. The number of hydrogen-bond donors (Lipinski definition) is 2. The van der Waals surface area contributed by atoms with E-state index in [0.29, 0.717) is 18.7 Å². The van der Waals surface area contributed by atoms with E-state index < -0.39 is 11.5 Å². The molecule has 0 saturated carbocycles. The van der Waals surface area contributed by atoms with Gasteiger partial charge in [0.15, 0.2) is 0 Å². The normalized spacial score (nSPS) is 13.8. The van der Waals surface area contributed by atoms with Crippen LogP contribution in [-0.4, -0.2) is 29.8 Å². The molecule has 0 amide bonds. The Morgan fingerprint density at radius 3 is 2.58 bits per heavy atom. The summed E-state index contributed by atoms with van der Waals surface area (Å²) in [6, 6.07) is 5.65. The largest absolute Gasteiger partial charge is 0.494 e. The zero-order chi connectivity index (χ0) is 14.3. The molecule has 0 spiro atoms. The van der Waals surface area contributed by atoms with Crippen LogP contribution < -0.4 is 10.1 Å². The first-order valence-corrected chi connectivity index (χ1v) is 6.35. The molecule has 1 rings (SSSR count). The minimum atomic E-state index is -1.00. The van der Waals surface area contributed by atoms with Crippen LogP contribution in [-0.2, 0) is 4.79 Å². The topological polar surface area (TPSA) is 58.6 Å². The molecule has 1 aromatic rings. The van der Waals surface area contributed by atoms with Crippen LogP contribution in [0.2, 0.25) is 0 Å². The van der Waals surface area contributed by atoms with Gasteiger partial charge in [0, 0.05) is 6.42 Å². The predicted octanol–water partition coefficient (Wildman–Crippen LogP) is 2.44. The van der Waals surface area contributed by atoms with Gasteiger partial charge in [-0.1, -0.05) is 6.92 Å². The van der Waals surface area contributed by atoms with Crippen molar-refractivity contribution in [3.63, 3.8) is 0 Å². The number of nitrogens with one attached hydrogen (secondary N) is 1. The van der Waals surface area contributed by atoms with E-state index in [1.165, 1.54) is 24.3 Å². The SMILES string of the molecule is CCCNC(C)(CCOc1ccc(F)cc1)C(=O)O. The van der Waals surface area contributed by atoms with Crippen molar-refractivity contribution in [1.82, 2.24) is 5.32 Å². The van der Waals surface area contributed by atoms with Crippen molar-refractivity contribution in [2.75, 3.05) is 13.2 Å². The third kappa shape index (κ3) is 4.87. The Balaban J connectivity index is 2.48. The quantitative estimate of drug-likeness (QED) is 0.761. The summed E-state index contributed by atoms with van der Waals surface area (Å²) in [4.78, 5) is 11.2. The van der Waals surface area contributed by atoms with E-state index in [9.17, 15) is 14.3 Å². The van der Waals surface area contributed by atoms with Crippen molar-refractivity contribution in [1.29, 1.82) is 0 Å². The van der Waals surface area contributed by atoms with Crippen molar-refractivity contribution in [3.05, 3.63) is 30.1 Å². The van der Waals surface area contributed by atoms with Gasteiger partial charge in [0.1, 0.15) is 17.1 Å². The van der Waals surface area contributed by atoms with Crippen molar-refractivity contribution < 1.29 is 19.0 Å². The molecule has 0 fully saturated rings. The summed E-state index contributed by atoms with van der Waals surface area (Å²) < 4.78 is 18.1. The van der Waals surface area contributed by atoms with E-state index in [-0.39, 0.29) is 12.4 Å². The smallest absolute Gasteiger partial charge is 0.323 e. The van der Waals surface area contributed by atoms with Gasteiger partial charge in [0.05, 0.1) is 6.61 Å². The second-order valence-corrected chi connectivity index (χ2v) is 4.62. The molecule has 5 heteroatoms. The number of carboxylic acids is 1. The van der Waals surface area contributed by atoms with Crippen LogP contribution in [0.1, 0.15) is 26.7 Å². The molecular formula is C14H20FNO3. The highest BCUT2D eigenvalue weighted by atomic mass is 19.1. The molecule has 106 valence electrons. The molecule has 1 unspecified atom stereocenters. The van der Waals surface area contributed by atoms with Gasteiger partial charge in [-0.15, -0.1) is 0 Å². The Labute approximate surface area is 112 Å². The molecule has 0 aliphatic heterocycles. The molecule has 4 nitrogen and oxygen atoms in total. The summed E-state index contributed by atoms with van der Waals surface area (Å²) in [5.41, 5.74) is -1.00. The van der Waals surface area contributed by atoms with Gasteiger partial charge in [0.2, 0.25) is 0 Å². The van der Waals surface area contributed by atoms with Crippen LogP contribution >= 0.6 is 0 Å². The van der Waals surface area contributed by atoms with Crippen LogP contribution in [0, 0.1) is 5.82 Å². The Kier molecular flexibility index (Phi) is 5.76. The second kappa shape index (κ2) is 7.09. The number of carboxylic acid groups (broad SMARTS) is 1. The number of carbonyl (C=O) groups is 1. The number of halogens is 1. The van der Waals surface area contributed by atoms with E-state index >= 15 is 0 Å². The van der Waals surface area contributed by atoms with Crippen LogP contribution in [0.5, 0.6) is 5.75 Å². The van der Waals surface area contributed by atoms with Gasteiger partial charge < -0.3 is 15.2 Å². The van der Waals surface area contributed by atoms with Gasteiger partial charge in [-0.3, -0.25) is 4.79 Å². The molecule has 19 heavy (non-hydrogen) atoms. The lowest BCUT2D eigenvalue weighted by Gasteiger charge is -2.26. The lowest BCUT2D eigenvalue weighted by atomic mass is 9.98. The summed E-state index contributed by atoms with van der Waals surface area (Å²) >= 11 is 0. The average molecular weight is 269 g/mol. The van der Waals surface area contributed by atoms with Crippen molar-refractivity contribution in [2.24, 2.45) is 0 Å². The third-order valence-corrected chi connectivity index (χ3v) is 2.92. The van der Waals surface area contributed by atoms with Crippen LogP contribution in [0.3, 0.4) is 0 Å². The fourth-order valence-electron chi connectivity index (χ4n) is 1.58. The number of benzene rings is 1. The van der Waals surface area contributed by atoms with E-state index in [2.05, 4.69) is 5.32 Å². The minimum absolute atomic E-state index is 0.255. The molecule has 0 saturated heterocycles.